The molecule has 0 bridgehead atoms. The molecule has 1 atom stereocenters. The lowest BCUT2D eigenvalue weighted by molar-refractivity contribution is -0.140. The Morgan fingerprint density at radius 3 is 2.22 bits per heavy atom. The van der Waals surface area contributed by atoms with Crippen molar-refractivity contribution >= 4 is 11.8 Å². The molecule has 0 fully saturated rings. The number of nitrogens with one attached hydrogen (secondary N) is 1. The van der Waals surface area contributed by atoms with Crippen LogP contribution in [0, 0.1) is 20.8 Å². The van der Waals surface area contributed by atoms with Crippen LogP contribution in [0.4, 0.5) is 0 Å². The van der Waals surface area contributed by atoms with Gasteiger partial charge in [-0.2, -0.15) is 0 Å². The summed E-state index contributed by atoms with van der Waals surface area (Å²) in [5.74, 6) is -0.154. The van der Waals surface area contributed by atoms with Crippen LogP contribution >= 0.6 is 0 Å². The van der Waals surface area contributed by atoms with E-state index in [-0.39, 0.29) is 11.8 Å². The highest BCUT2D eigenvalue weighted by atomic mass is 16.2. The Hall–Kier alpha value is -2.62. The van der Waals surface area contributed by atoms with Gasteiger partial charge in [0.15, 0.2) is 0 Å². The largest absolute Gasteiger partial charge is 0.357 e. The first kappa shape index (κ1) is 20.7. The zero-order chi connectivity index (χ0) is 20.0. The van der Waals surface area contributed by atoms with E-state index in [1.807, 2.05) is 64.1 Å². The molecule has 144 valence electrons. The predicted molar refractivity (Wildman–Crippen MR) is 109 cm³/mol. The van der Waals surface area contributed by atoms with E-state index in [1.165, 1.54) is 5.56 Å². The van der Waals surface area contributed by atoms with Crippen LogP contribution in [0.1, 0.15) is 41.2 Å². The van der Waals surface area contributed by atoms with E-state index in [9.17, 15) is 9.59 Å². The van der Waals surface area contributed by atoms with Gasteiger partial charge in [0.25, 0.3) is 0 Å². The molecule has 2 rings (SSSR count). The molecule has 0 aliphatic rings. The van der Waals surface area contributed by atoms with Crippen molar-refractivity contribution in [2.24, 2.45) is 0 Å². The van der Waals surface area contributed by atoms with Crippen molar-refractivity contribution in [2.45, 2.75) is 53.1 Å². The lowest BCUT2D eigenvalue weighted by atomic mass is 10.0. The maximum Gasteiger partial charge on any atom is 0.242 e. The van der Waals surface area contributed by atoms with Gasteiger partial charge in [0.05, 0.1) is 6.42 Å². The molecule has 0 radical (unpaired) electrons. The molecule has 0 aliphatic heterocycles. The summed E-state index contributed by atoms with van der Waals surface area (Å²) in [6.07, 6.45) is 0.872. The molecular weight excluding hydrogens is 336 g/mol. The predicted octanol–water partition coefficient (Wildman–Crippen LogP) is 3.71. The molecule has 0 saturated carbocycles. The summed E-state index contributed by atoms with van der Waals surface area (Å²) < 4.78 is 0. The number of carbonyl (C=O) groups excluding carboxylic acids is 2. The van der Waals surface area contributed by atoms with Crippen LogP contribution < -0.4 is 5.32 Å². The van der Waals surface area contributed by atoms with Gasteiger partial charge in [-0.1, -0.05) is 60.5 Å². The summed E-state index contributed by atoms with van der Waals surface area (Å²) in [5, 5.41) is 2.70. The van der Waals surface area contributed by atoms with Crippen LogP contribution in [0.3, 0.4) is 0 Å². The van der Waals surface area contributed by atoms with E-state index in [1.54, 1.807) is 11.9 Å². The Balaban J connectivity index is 2.31. The van der Waals surface area contributed by atoms with E-state index < -0.39 is 6.04 Å². The van der Waals surface area contributed by atoms with Crippen LogP contribution in [0.25, 0.3) is 0 Å². The topological polar surface area (TPSA) is 49.4 Å². The Morgan fingerprint density at radius 1 is 1.00 bits per heavy atom. The van der Waals surface area contributed by atoms with Gasteiger partial charge >= 0.3 is 0 Å². The lowest BCUT2D eigenvalue weighted by Crippen LogP contribution is -2.48. The van der Waals surface area contributed by atoms with Gasteiger partial charge in [-0.25, -0.2) is 0 Å². The standard InChI is InChI=1S/C23H30N2O2/c1-6-21(23(27)24-5)25(15-19-11-8-16(2)9-12-19)22(26)14-20-13-17(3)7-10-18(20)4/h7-13,21H,6,14-15H2,1-5H3,(H,24,27)/t21-/m1/s1. The molecule has 27 heavy (non-hydrogen) atoms. The van der Waals surface area contributed by atoms with E-state index >= 15 is 0 Å². The Morgan fingerprint density at radius 2 is 1.63 bits per heavy atom. The quantitative estimate of drug-likeness (QED) is 0.812. The molecule has 0 aliphatic carbocycles. The van der Waals surface area contributed by atoms with Crippen molar-refractivity contribution in [1.82, 2.24) is 10.2 Å². The zero-order valence-electron chi connectivity index (χ0n) is 17.0. The number of hydrogen-bond donors (Lipinski definition) is 1. The summed E-state index contributed by atoms with van der Waals surface area (Å²) in [6, 6.07) is 13.8. The van der Waals surface area contributed by atoms with E-state index in [0.29, 0.717) is 19.4 Å². The van der Waals surface area contributed by atoms with Crippen molar-refractivity contribution in [1.29, 1.82) is 0 Å². The lowest BCUT2D eigenvalue weighted by Gasteiger charge is -2.30. The summed E-state index contributed by atoms with van der Waals surface area (Å²) in [4.78, 5) is 27.3. The van der Waals surface area contributed by atoms with Crippen molar-refractivity contribution in [3.05, 3.63) is 70.3 Å². The van der Waals surface area contributed by atoms with Gasteiger partial charge in [-0.15, -0.1) is 0 Å². The van der Waals surface area contributed by atoms with E-state index in [4.69, 9.17) is 0 Å². The minimum Gasteiger partial charge on any atom is -0.357 e. The van der Waals surface area contributed by atoms with Gasteiger partial charge in [0.2, 0.25) is 11.8 Å². The van der Waals surface area contributed by atoms with Crippen molar-refractivity contribution in [3.63, 3.8) is 0 Å². The van der Waals surface area contributed by atoms with Crippen LogP contribution in [0.5, 0.6) is 0 Å². The third-order valence-corrected chi connectivity index (χ3v) is 4.95. The Kier molecular flexibility index (Phi) is 7.17. The second kappa shape index (κ2) is 9.36. The number of nitrogens with zero attached hydrogens (tertiary/aromatic N) is 1. The highest BCUT2D eigenvalue weighted by molar-refractivity contribution is 5.88. The fourth-order valence-electron chi connectivity index (χ4n) is 3.23. The molecule has 4 heteroatoms. The highest BCUT2D eigenvalue weighted by Gasteiger charge is 2.28. The third-order valence-electron chi connectivity index (χ3n) is 4.95. The molecular formula is C23H30N2O2. The van der Waals surface area contributed by atoms with Gasteiger partial charge in [0.1, 0.15) is 6.04 Å². The van der Waals surface area contributed by atoms with E-state index in [0.717, 1.165) is 22.3 Å². The summed E-state index contributed by atoms with van der Waals surface area (Å²) in [5.41, 5.74) is 5.44. The number of hydrogen-bond acceptors (Lipinski definition) is 2. The monoisotopic (exact) mass is 366 g/mol. The first-order chi connectivity index (χ1) is 12.8. The Bertz CT molecular complexity index is 797. The van der Waals surface area contributed by atoms with Gasteiger partial charge < -0.3 is 10.2 Å². The molecule has 1 N–H and O–H groups in total. The molecule has 0 aromatic heterocycles. The summed E-state index contributed by atoms with van der Waals surface area (Å²) in [7, 11) is 1.62. The summed E-state index contributed by atoms with van der Waals surface area (Å²) in [6.45, 7) is 8.44. The number of benzene rings is 2. The van der Waals surface area contributed by atoms with Crippen LogP contribution in [-0.4, -0.2) is 29.8 Å². The molecule has 2 amide bonds. The molecule has 0 unspecified atom stereocenters. The highest BCUT2D eigenvalue weighted by Crippen LogP contribution is 2.17. The van der Waals surface area contributed by atoms with Crippen LogP contribution in [-0.2, 0) is 22.6 Å². The zero-order valence-corrected chi connectivity index (χ0v) is 17.0. The number of aryl methyl sites for hydroxylation is 3. The van der Waals surface area contributed by atoms with E-state index in [2.05, 4.69) is 11.4 Å². The molecule has 4 nitrogen and oxygen atoms in total. The van der Waals surface area contributed by atoms with Crippen LogP contribution in [0.15, 0.2) is 42.5 Å². The third kappa shape index (κ3) is 5.43. The first-order valence-corrected chi connectivity index (χ1v) is 9.48. The maximum atomic E-state index is 13.2. The molecule has 0 heterocycles. The fraction of sp³-hybridized carbons (Fsp3) is 0.391. The summed E-state index contributed by atoms with van der Waals surface area (Å²) >= 11 is 0. The minimum absolute atomic E-state index is 0.0280. The fourth-order valence-corrected chi connectivity index (χ4v) is 3.23. The van der Waals surface area contributed by atoms with Crippen molar-refractivity contribution in [3.8, 4) is 0 Å². The van der Waals surface area contributed by atoms with Gasteiger partial charge in [-0.05, 0) is 43.9 Å². The average molecular weight is 367 g/mol. The Labute approximate surface area is 162 Å². The number of likely N-dealkylation sites (N-methyl/N-ethyl adjacent to an activating group) is 1. The van der Waals surface area contributed by atoms with Crippen LogP contribution in [0.2, 0.25) is 0 Å². The van der Waals surface area contributed by atoms with Gasteiger partial charge in [0, 0.05) is 13.6 Å². The molecule has 0 spiro atoms. The SMILES string of the molecule is CC[C@H](C(=O)NC)N(Cc1ccc(C)cc1)C(=O)Cc1cc(C)ccc1C. The van der Waals surface area contributed by atoms with Gasteiger partial charge in [-0.3, -0.25) is 9.59 Å². The number of amides is 2. The van der Waals surface area contributed by atoms with Crippen molar-refractivity contribution < 1.29 is 9.59 Å². The smallest absolute Gasteiger partial charge is 0.242 e. The molecule has 2 aromatic rings. The molecule has 2 aromatic carbocycles. The second-order valence-corrected chi connectivity index (χ2v) is 7.15. The molecule has 0 saturated heterocycles. The minimum atomic E-state index is -0.478. The normalized spacial score (nSPS) is 11.7. The average Bonchev–Trinajstić information content (AvgIpc) is 2.65. The number of rotatable bonds is 7. The maximum absolute atomic E-state index is 13.2. The first-order valence-electron chi connectivity index (χ1n) is 9.48. The second-order valence-electron chi connectivity index (χ2n) is 7.15. The number of carbonyl (C=O) groups is 2. The van der Waals surface area contributed by atoms with Crippen molar-refractivity contribution in [2.75, 3.05) is 7.05 Å².